The molecule has 0 unspecified atom stereocenters. The van der Waals surface area contributed by atoms with Crippen LogP contribution < -0.4 is 10.1 Å². The molecule has 0 radical (unpaired) electrons. The lowest BCUT2D eigenvalue weighted by atomic mass is 10.2. The van der Waals surface area contributed by atoms with Crippen molar-refractivity contribution in [3.05, 3.63) is 66.9 Å². The Morgan fingerprint density at radius 3 is 2.76 bits per heavy atom. The summed E-state index contributed by atoms with van der Waals surface area (Å²) in [7, 11) is 0. The first kappa shape index (κ1) is 16.6. The van der Waals surface area contributed by atoms with Gasteiger partial charge < -0.3 is 10.1 Å². The van der Waals surface area contributed by atoms with E-state index in [1.165, 1.54) is 12.1 Å². The molecule has 0 aliphatic rings. The second-order valence-electron chi connectivity index (χ2n) is 5.27. The van der Waals surface area contributed by atoms with E-state index >= 15 is 0 Å². The van der Waals surface area contributed by atoms with Crippen LogP contribution in [0.1, 0.15) is 0 Å². The lowest BCUT2D eigenvalue weighted by Gasteiger charge is -2.08. The number of halogens is 1. The molecule has 2 aromatic heterocycles. The number of carbonyl (C=O) groups is 1. The molecular weight excluding hydrogens is 323 g/mol. The number of amides is 1. The van der Waals surface area contributed by atoms with Gasteiger partial charge in [0.25, 0.3) is 5.91 Å². The number of carbonyl (C=O) groups excluding carboxylic acids is 1. The molecule has 0 aliphatic heterocycles. The maximum atomic E-state index is 13.4. The Kier molecular flexibility index (Phi) is 5.36. The van der Waals surface area contributed by atoms with Gasteiger partial charge in [0.15, 0.2) is 18.2 Å². The highest BCUT2D eigenvalue weighted by Gasteiger charge is 2.06. The van der Waals surface area contributed by atoms with E-state index in [9.17, 15) is 9.18 Å². The second kappa shape index (κ2) is 8.05. The van der Waals surface area contributed by atoms with Crippen molar-refractivity contribution in [1.82, 2.24) is 20.1 Å². The van der Waals surface area contributed by atoms with E-state index in [2.05, 4.69) is 15.4 Å². The first-order chi connectivity index (χ1) is 12.2. The van der Waals surface area contributed by atoms with Crippen LogP contribution in [0.3, 0.4) is 0 Å². The second-order valence-corrected chi connectivity index (χ2v) is 5.27. The molecule has 0 fully saturated rings. The summed E-state index contributed by atoms with van der Waals surface area (Å²) in [4.78, 5) is 15.7. The smallest absolute Gasteiger partial charge is 0.258 e. The van der Waals surface area contributed by atoms with Gasteiger partial charge in [-0.3, -0.25) is 14.5 Å². The topological polar surface area (TPSA) is 69.0 Å². The summed E-state index contributed by atoms with van der Waals surface area (Å²) >= 11 is 0. The molecule has 3 rings (SSSR count). The largest absolute Gasteiger partial charge is 0.481 e. The van der Waals surface area contributed by atoms with Crippen molar-refractivity contribution < 1.29 is 13.9 Å². The average molecular weight is 340 g/mol. The van der Waals surface area contributed by atoms with Crippen LogP contribution >= 0.6 is 0 Å². The third-order valence-electron chi connectivity index (χ3n) is 3.48. The molecular formula is C18H17FN4O2. The van der Waals surface area contributed by atoms with Gasteiger partial charge in [-0.15, -0.1) is 0 Å². The summed E-state index contributed by atoms with van der Waals surface area (Å²) in [5.41, 5.74) is 1.83. The summed E-state index contributed by atoms with van der Waals surface area (Å²) in [5.74, 6) is -0.744. The van der Waals surface area contributed by atoms with Crippen molar-refractivity contribution in [2.75, 3.05) is 13.2 Å². The zero-order valence-electron chi connectivity index (χ0n) is 13.4. The van der Waals surface area contributed by atoms with Crippen LogP contribution in [0.25, 0.3) is 11.3 Å². The molecule has 1 aromatic carbocycles. The summed E-state index contributed by atoms with van der Waals surface area (Å²) in [6.45, 7) is 0.690. The first-order valence-electron chi connectivity index (χ1n) is 7.80. The number of aromatic nitrogens is 3. The molecule has 0 saturated heterocycles. The number of nitrogens with zero attached hydrogens (tertiary/aromatic N) is 3. The highest BCUT2D eigenvalue weighted by Crippen LogP contribution is 2.15. The highest BCUT2D eigenvalue weighted by molar-refractivity contribution is 5.77. The molecule has 7 heteroatoms. The van der Waals surface area contributed by atoms with Gasteiger partial charge in [0.1, 0.15) is 0 Å². The molecule has 1 N–H and O–H groups in total. The van der Waals surface area contributed by atoms with Crippen LogP contribution in [-0.2, 0) is 11.3 Å². The zero-order valence-corrected chi connectivity index (χ0v) is 13.4. The molecule has 0 atom stereocenters. The minimum absolute atomic E-state index is 0.0618. The Morgan fingerprint density at radius 2 is 1.96 bits per heavy atom. The van der Waals surface area contributed by atoms with Crippen LogP contribution in [0.5, 0.6) is 5.75 Å². The molecule has 0 bridgehead atoms. The minimum Gasteiger partial charge on any atom is -0.481 e. The number of benzene rings is 1. The lowest BCUT2D eigenvalue weighted by molar-refractivity contribution is -0.123. The van der Waals surface area contributed by atoms with Crippen molar-refractivity contribution in [3.63, 3.8) is 0 Å². The van der Waals surface area contributed by atoms with Crippen LogP contribution in [0.2, 0.25) is 0 Å². The maximum Gasteiger partial charge on any atom is 0.258 e. The number of ether oxygens (including phenoxy) is 1. The van der Waals surface area contributed by atoms with Crippen molar-refractivity contribution in [3.8, 4) is 17.0 Å². The summed E-state index contributed by atoms with van der Waals surface area (Å²) in [6, 6.07) is 11.6. The van der Waals surface area contributed by atoms with Crippen LogP contribution in [0, 0.1) is 5.82 Å². The zero-order chi connectivity index (χ0) is 17.5. The Balaban J connectivity index is 1.43. The molecule has 3 aromatic rings. The molecule has 6 nitrogen and oxygen atoms in total. The fourth-order valence-electron chi connectivity index (χ4n) is 2.23. The third-order valence-corrected chi connectivity index (χ3v) is 3.48. The summed E-state index contributed by atoms with van der Waals surface area (Å²) in [6.07, 6.45) is 5.27. The molecule has 25 heavy (non-hydrogen) atoms. The van der Waals surface area contributed by atoms with Gasteiger partial charge in [0, 0.05) is 30.7 Å². The number of rotatable bonds is 7. The fourth-order valence-corrected chi connectivity index (χ4v) is 2.23. The van der Waals surface area contributed by atoms with Gasteiger partial charge in [-0.25, -0.2) is 4.39 Å². The van der Waals surface area contributed by atoms with Gasteiger partial charge in [-0.1, -0.05) is 12.1 Å². The summed E-state index contributed by atoms with van der Waals surface area (Å²) in [5, 5.41) is 7.15. The van der Waals surface area contributed by atoms with E-state index in [-0.39, 0.29) is 18.3 Å². The van der Waals surface area contributed by atoms with Gasteiger partial charge in [-0.2, -0.15) is 5.10 Å². The van der Waals surface area contributed by atoms with Gasteiger partial charge >= 0.3 is 0 Å². The van der Waals surface area contributed by atoms with Gasteiger partial charge in [0.2, 0.25) is 0 Å². The van der Waals surface area contributed by atoms with Crippen LogP contribution in [0.15, 0.2) is 61.1 Å². The van der Waals surface area contributed by atoms with Crippen molar-refractivity contribution >= 4 is 5.91 Å². The number of pyridine rings is 1. The van der Waals surface area contributed by atoms with Gasteiger partial charge in [-0.05, 0) is 30.3 Å². The average Bonchev–Trinajstić information content (AvgIpc) is 3.11. The Bertz CT molecular complexity index is 836. The molecule has 0 aliphatic carbocycles. The monoisotopic (exact) mass is 340 g/mol. The Labute approximate surface area is 144 Å². The van der Waals surface area contributed by atoms with Crippen molar-refractivity contribution in [2.45, 2.75) is 6.54 Å². The normalized spacial score (nSPS) is 10.4. The third kappa shape index (κ3) is 4.63. The number of hydrogen-bond acceptors (Lipinski definition) is 4. The molecule has 0 spiro atoms. The van der Waals surface area contributed by atoms with Gasteiger partial charge in [0.05, 0.1) is 12.2 Å². The fraction of sp³-hybridized carbons (Fsp3) is 0.167. The predicted molar refractivity (Wildman–Crippen MR) is 90.4 cm³/mol. The minimum atomic E-state index is -0.490. The number of para-hydroxylation sites is 1. The first-order valence-corrected chi connectivity index (χ1v) is 7.80. The maximum absolute atomic E-state index is 13.4. The highest BCUT2D eigenvalue weighted by atomic mass is 19.1. The standard InChI is InChI=1S/C18H17FN4O2/c19-15-3-1-2-4-17(15)25-13-18(24)21-10-12-23-11-7-16(22-23)14-5-8-20-9-6-14/h1-9,11H,10,12-13H2,(H,21,24). The van der Waals surface area contributed by atoms with E-state index in [0.29, 0.717) is 13.1 Å². The number of nitrogens with one attached hydrogen (secondary N) is 1. The van der Waals surface area contributed by atoms with Crippen LogP contribution in [-0.4, -0.2) is 33.8 Å². The molecule has 128 valence electrons. The van der Waals surface area contributed by atoms with E-state index < -0.39 is 5.82 Å². The van der Waals surface area contributed by atoms with E-state index in [0.717, 1.165) is 11.3 Å². The van der Waals surface area contributed by atoms with Crippen LogP contribution in [0.4, 0.5) is 4.39 Å². The molecule has 0 saturated carbocycles. The van der Waals surface area contributed by atoms with E-state index in [1.807, 2.05) is 24.4 Å². The van der Waals surface area contributed by atoms with Crippen molar-refractivity contribution in [1.29, 1.82) is 0 Å². The Morgan fingerprint density at radius 1 is 1.16 bits per heavy atom. The predicted octanol–water partition coefficient (Wildman–Crippen LogP) is 2.28. The quantitative estimate of drug-likeness (QED) is 0.716. The SMILES string of the molecule is O=C(COc1ccccc1F)NCCn1ccc(-c2ccncc2)n1. The van der Waals surface area contributed by atoms with Crippen molar-refractivity contribution in [2.24, 2.45) is 0 Å². The number of hydrogen-bond donors (Lipinski definition) is 1. The molecule has 2 heterocycles. The molecule has 1 amide bonds. The van der Waals surface area contributed by atoms with E-state index in [4.69, 9.17) is 4.74 Å². The lowest BCUT2D eigenvalue weighted by Crippen LogP contribution is -2.31. The van der Waals surface area contributed by atoms with E-state index in [1.54, 1.807) is 29.2 Å². The summed E-state index contributed by atoms with van der Waals surface area (Å²) < 4.78 is 20.3. The Hall–Kier alpha value is -3.22.